The van der Waals surface area contributed by atoms with Gasteiger partial charge in [0.05, 0.1) is 10.3 Å². The molecule has 0 radical (unpaired) electrons. The van der Waals surface area contributed by atoms with Crippen molar-refractivity contribution in [2.24, 2.45) is 0 Å². The summed E-state index contributed by atoms with van der Waals surface area (Å²) in [6.45, 7) is 7.57. The maximum atomic E-state index is 11.2. The van der Waals surface area contributed by atoms with E-state index in [2.05, 4.69) is 29.0 Å². The van der Waals surface area contributed by atoms with Gasteiger partial charge < -0.3 is 5.32 Å². The Balaban J connectivity index is 1.83. The lowest BCUT2D eigenvalue weighted by Gasteiger charge is -2.41. The molecule has 3 rings (SSSR count). The summed E-state index contributed by atoms with van der Waals surface area (Å²) < 4.78 is 0. The molecule has 0 spiro atoms. The number of nitrogens with one attached hydrogen (secondary N) is 1. The van der Waals surface area contributed by atoms with Gasteiger partial charge in [-0.05, 0) is 51.9 Å². The lowest BCUT2D eigenvalue weighted by molar-refractivity contribution is -0.383. The van der Waals surface area contributed by atoms with Crippen molar-refractivity contribution in [1.29, 1.82) is 0 Å². The fourth-order valence-corrected chi connectivity index (χ4v) is 3.41. The molecule has 6 heteroatoms. The van der Waals surface area contributed by atoms with E-state index < -0.39 is 0 Å². The zero-order valence-corrected chi connectivity index (χ0v) is 14.3. The second-order valence-electron chi connectivity index (χ2n) is 7.02. The van der Waals surface area contributed by atoms with Gasteiger partial charge in [0.15, 0.2) is 0 Å². The number of nitrogens with zero attached hydrogens (tertiary/aromatic N) is 3. The molecule has 1 aliphatic rings. The summed E-state index contributed by atoms with van der Waals surface area (Å²) in [5.41, 5.74) is 1.06. The molecule has 2 aromatic rings. The van der Waals surface area contributed by atoms with Gasteiger partial charge >= 0.3 is 0 Å². The highest BCUT2D eigenvalue weighted by molar-refractivity contribution is 5.99. The molecule has 0 bridgehead atoms. The first-order valence-electron chi connectivity index (χ1n) is 8.49. The van der Waals surface area contributed by atoms with Crippen LogP contribution in [-0.4, -0.2) is 40.0 Å². The van der Waals surface area contributed by atoms with Gasteiger partial charge in [-0.15, -0.1) is 0 Å². The summed E-state index contributed by atoms with van der Waals surface area (Å²) in [5.74, 6) is 0. The van der Waals surface area contributed by atoms with Crippen molar-refractivity contribution >= 4 is 22.1 Å². The number of hydrogen-bond acceptors (Lipinski definition) is 5. The van der Waals surface area contributed by atoms with Crippen molar-refractivity contribution in [3.05, 3.63) is 40.7 Å². The summed E-state index contributed by atoms with van der Waals surface area (Å²) in [7, 11) is 0. The van der Waals surface area contributed by atoms with E-state index in [1.807, 2.05) is 6.07 Å². The van der Waals surface area contributed by atoms with E-state index in [-0.39, 0.29) is 16.1 Å². The number of benzene rings is 1. The van der Waals surface area contributed by atoms with Gasteiger partial charge in [0.1, 0.15) is 0 Å². The highest BCUT2D eigenvalue weighted by Gasteiger charge is 2.28. The van der Waals surface area contributed by atoms with Crippen molar-refractivity contribution in [3.8, 4) is 0 Å². The van der Waals surface area contributed by atoms with Crippen molar-refractivity contribution in [2.45, 2.75) is 38.6 Å². The summed E-state index contributed by atoms with van der Waals surface area (Å²) in [4.78, 5) is 17.4. The Morgan fingerprint density at radius 3 is 2.67 bits per heavy atom. The van der Waals surface area contributed by atoms with Gasteiger partial charge in [-0.2, -0.15) is 0 Å². The summed E-state index contributed by atoms with van der Waals surface area (Å²) >= 11 is 0. The normalized spacial score (nSPS) is 16.2. The van der Waals surface area contributed by atoms with Crippen LogP contribution in [0.1, 0.15) is 33.1 Å². The molecule has 0 amide bonds. The van der Waals surface area contributed by atoms with E-state index >= 15 is 0 Å². The number of aromatic nitrogens is 1. The van der Waals surface area contributed by atoms with Crippen LogP contribution in [-0.2, 0) is 0 Å². The van der Waals surface area contributed by atoms with Crippen LogP contribution in [0.3, 0.4) is 0 Å². The van der Waals surface area contributed by atoms with E-state index in [1.54, 1.807) is 24.5 Å². The number of likely N-dealkylation sites (tertiary alicyclic amines) is 1. The highest BCUT2D eigenvalue weighted by Crippen LogP contribution is 2.31. The Hall–Kier alpha value is -2.21. The van der Waals surface area contributed by atoms with Gasteiger partial charge in [-0.1, -0.05) is 6.42 Å². The quantitative estimate of drug-likeness (QED) is 0.667. The van der Waals surface area contributed by atoms with Crippen LogP contribution in [0.25, 0.3) is 10.8 Å². The number of piperidine rings is 1. The topological polar surface area (TPSA) is 71.3 Å². The van der Waals surface area contributed by atoms with Crippen LogP contribution in [0.2, 0.25) is 0 Å². The van der Waals surface area contributed by atoms with Crippen LogP contribution in [0.4, 0.5) is 11.4 Å². The summed E-state index contributed by atoms with van der Waals surface area (Å²) in [5, 5.41) is 16.1. The van der Waals surface area contributed by atoms with Crippen molar-refractivity contribution < 1.29 is 4.92 Å². The fraction of sp³-hybridized carbons (Fsp3) is 0.500. The molecule has 0 aliphatic carbocycles. The number of fused-ring (bicyclic) bond motifs is 1. The Morgan fingerprint density at radius 1 is 1.21 bits per heavy atom. The Morgan fingerprint density at radius 2 is 1.96 bits per heavy atom. The van der Waals surface area contributed by atoms with Gasteiger partial charge in [-0.25, -0.2) is 0 Å². The molecule has 24 heavy (non-hydrogen) atoms. The monoisotopic (exact) mass is 328 g/mol. The largest absolute Gasteiger partial charge is 0.383 e. The number of anilines is 1. The lowest BCUT2D eigenvalue weighted by Crippen LogP contribution is -2.50. The summed E-state index contributed by atoms with van der Waals surface area (Å²) in [6, 6.07) is 5.19. The van der Waals surface area contributed by atoms with Crippen LogP contribution < -0.4 is 5.32 Å². The maximum Gasteiger partial charge on any atom is 0.278 e. The van der Waals surface area contributed by atoms with Gasteiger partial charge in [0.2, 0.25) is 0 Å². The Kier molecular flexibility index (Phi) is 4.66. The average molecular weight is 328 g/mol. The number of rotatable bonds is 5. The number of nitro groups is 1. The minimum atomic E-state index is -0.356. The van der Waals surface area contributed by atoms with Crippen LogP contribution >= 0.6 is 0 Å². The first kappa shape index (κ1) is 16.6. The predicted molar refractivity (Wildman–Crippen MR) is 96.4 cm³/mol. The molecule has 6 nitrogen and oxygen atoms in total. The van der Waals surface area contributed by atoms with Crippen molar-refractivity contribution in [2.75, 3.05) is 25.0 Å². The zero-order valence-electron chi connectivity index (χ0n) is 14.3. The number of pyridine rings is 1. The molecule has 1 aromatic carbocycles. The van der Waals surface area contributed by atoms with E-state index in [0.29, 0.717) is 5.39 Å². The molecule has 1 aromatic heterocycles. The van der Waals surface area contributed by atoms with E-state index in [1.165, 1.54) is 19.3 Å². The minimum Gasteiger partial charge on any atom is -0.383 e. The first-order chi connectivity index (χ1) is 11.5. The molecule has 0 unspecified atom stereocenters. The lowest BCUT2D eigenvalue weighted by atomic mass is 9.98. The van der Waals surface area contributed by atoms with Crippen molar-refractivity contribution in [3.63, 3.8) is 0 Å². The molecule has 1 saturated heterocycles. The second-order valence-corrected chi connectivity index (χ2v) is 7.02. The molecule has 1 aliphatic heterocycles. The summed E-state index contributed by atoms with van der Waals surface area (Å²) in [6.07, 6.45) is 7.08. The third-order valence-corrected chi connectivity index (χ3v) is 4.92. The van der Waals surface area contributed by atoms with E-state index in [0.717, 1.165) is 30.7 Å². The van der Waals surface area contributed by atoms with Crippen LogP contribution in [0.5, 0.6) is 0 Å². The highest BCUT2D eigenvalue weighted by atomic mass is 16.6. The Bertz CT molecular complexity index is 739. The SMILES string of the molecule is CC(C)(CNc1ccc([N+](=O)[O-])c2cnccc12)N1CCCCC1. The smallest absolute Gasteiger partial charge is 0.278 e. The maximum absolute atomic E-state index is 11.2. The van der Waals surface area contributed by atoms with Gasteiger partial charge in [0.25, 0.3) is 5.69 Å². The van der Waals surface area contributed by atoms with Gasteiger partial charge in [0, 0.05) is 41.6 Å². The molecule has 0 atom stereocenters. The zero-order chi connectivity index (χ0) is 17.2. The number of nitro benzene ring substituents is 1. The van der Waals surface area contributed by atoms with Crippen molar-refractivity contribution in [1.82, 2.24) is 9.88 Å². The first-order valence-corrected chi connectivity index (χ1v) is 8.49. The van der Waals surface area contributed by atoms with E-state index in [4.69, 9.17) is 0 Å². The van der Waals surface area contributed by atoms with Gasteiger partial charge in [-0.3, -0.25) is 20.0 Å². The minimum absolute atomic E-state index is 0.0432. The fourth-order valence-electron chi connectivity index (χ4n) is 3.41. The van der Waals surface area contributed by atoms with Crippen LogP contribution in [0, 0.1) is 10.1 Å². The third kappa shape index (κ3) is 3.33. The molecular weight excluding hydrogens is 304 g/mol. The molecule has 1 fully saturated rings. The standard InChI is InChI=1S/C18H24N4O2/c1-18(2,21-10-4-3-5-11-21)13-20-16-6-7-17(22(23)24)15-12-19-9-8-14(15)16/h6-9,12,20H,3-5,10-11,13H2,1-2H3. The number of non-ortho nitro benzene ring substituents is 1. The molecule has 0 saturated carbocycles. The third-order valence-electron chi connectivity index (χ3n) is 4.92. The molecule has 1 N–H and O–H groups in total. The Labute approximate surface area is 142 Å². The number of hydrogen-bond donors (Lipinski definition) is 1. The average Bonchev–Trinajstić information content (AvgIpc) is 2.60. The molecule has 2 heterocycles. The molecule has 128 valence electrons. The predicted octanol–water partition coefficient (Wildman–Crippen LogP) is 3.82. The van der Waals surface area contributed by atoms with Crippen LogP contribution in [0.15, 0.2) is 30.6 Å². The second kappa shape index (κ2) is 6.73. The molecular formula is C18H24N4O2. The van der Waals surface area contributed by atoms with E-state index in [9.17, 15) is 10.1 Å².